The largest absolute Gasteiger partial charge is 0.493 e. The van der Waals surface area contributed by atoms with Crippen molar-refractivity contribution in [2.75, 3.05) is 12.4 Å². The van der Waals surface area contributed by atoms with Crippen molar-refractivity contribution in [3.63, 3.8) is 0 Å². The van der Waals surface area contributed by atoms with E-state index in [9.17, 15) is 4.79 Å². The van der Waals surface area contributed by atoms with Gasteiger partial charge in [-0.3, -0.25) is 4.79 Å². The lowest BCUT2D eigenvalue weighted by Crippen LogP contribution is -2.13. The molecule has 0 aliphatic rings. The number of carbonyl (C=O) groups is 1. The Kier molecular flexibility index (Phi) is 5.63. The summed E-state index contributed by atoms with van der Waals surface area (Å²) < 4.78 is 11.0. The van der Waals surface area contributed by atoms with E-state index in [0.29, 0.717) is 17.1 Å². The number of benzene rings is 2. The van der Waals surface area contributed by atoms with E-state index in [1.54, 1.807) is 25.3 Å². The topological polar surface area (TPSA) is 47.6 Å². The molecule has 4 heteroatoms. The molecule has 0 fully saturated rings. The van der Waals surface area contributed by atoms with Gasteiger partial charge in [0.05, 0.1) is 13.2 Å². The maximum absolute atomic E-state index is 12.4. The summed E-state index contributed by atoms with van der Waals surface area (Å²) in [4.78, 5) is 12.4. The van der Waals surface area contributed by atoms with Gasteiger partial charge in [0.1, 0.15) is 0 Å². The first-order valence-electron chi connectivity index (χ1n) is 7.78. The smallest absolute Gasteiger partial charge is 0.255 e. The molecule has 1 N–H and O–H groups in total. The molecule has 1 amide bonds. The zero-order chi connectivity index (χ0) is 16.8. The first-order valence-corrected chi connectivity index (χ1v) is 7.78. The van der Waals surface area contributed by atoms with Crippen molar-refractivity contribution in [2.45, 2.75) is 33.3 Å². The molecule has 2 aromatic rings. The summed E-state index contributed by atoms with van der Waals surface area (Å²) in [5.41, 5.74) is 2.53. The number of rotatable bonds is 6. The highest BCUT2D eigenvalue weighted by molar-refractivity contribution is 6.04. The quantitative estimate of drug-likeness (QED) is 0.865. The number of hydrogen-bond donors (Lipinski definition) is 1. The Labute approximate surface area is 137 Å². The van der Waals surface area contributed by atoms with Crippen molar-refractivity contribution < 1.29 is 14.3 Å². The third kappa shape index (κ3) is 4.49. The third-order valence-corrected chi connectivity index (χ3v) is 3.41. The van der Waals surface area contributed by atoms with E-state index in [0.717, 1.165) is 12.1 Å². The average Bonchev–Trinajstić information content (AvgIpc) is 2.55. The summed E-state index contributed by atoms with van der Waals surface area (Å²) in [6.45, 7) is 5.99. The summed E-state index contributed by atoms with van der Waals surface area (Å²) in [6.07, 6.45) is 1.02. The molecular weight excluding hydrogens is 290 g/mol. The number of methoxy groups -OCH3 is 1. The van der Waals surface area contributed by atoms with E-state index in [-0.39, 0.29) is 12.0 Å². The molecule has 0 atom stereocenters. The maximum Gasteiger partial charge on any atom is 0.255 e. The molecule has 0 spiro atoms. The fraction of sp³-hybridized carbons (Fsp3) is 0.316. The first-order chi connectivity index (χ1) is 11.0. The molecule has 0 aliphatic heterocycles. The fourth-order valence-electron chi connectivity index (χ4n) is 2.19. The van der Waals surface area contributed by atoms with E-state index >= 15 is 0 Å². The molecule has 0 saturated carbocycles. The van der Waals surface area contributed by atoms with Crippen molar-refractivity contribution in [1.82, 2.24) is 0 Å². The third-order valence-electron chi connectivity index (χ3n) is 3.41. The average molecular weight is 313 g/mol. The van der Waals surface area contributed by atoms with Crippen LogP contribution in [0.4, 0.5) is 5.69 Å². The van der Waals surface area contributed by atoms with Crippen LogP contribution >= 0.6 is 0 Å². The number of hydrogen-bond acceptors (Lipinski definition) is 3. The zero-order valence-electron chi connectivity index (χ0n) is 14.1. The molecule has 0 aromatic heterocycles. The SMILES string of the molecule is CCc1ccc(NC(=O)c2ccc(OC(C)C)c(OC)c2)cc1. The number of nitrogens with one attached hydrogen (secondary N) is 1. The van der Waals surface area contributed by atoms with Crippen LogP contribution in [-0.2, 0) is 6.42 Å². The monoisotopic (exact) mass is 313 g/mol. The molecule has 23 heavy (non-hydrogen) atoms. The van der Waals surface area contributed by atoms with Gasteiger partial charge in [0, 0.05) is 11.3 Å². The molecule has 0 heterocycles. The molecule has 2 rings (SSSR count). The van der Waals surface area contributed by atoms with Gasteiger partial charge in [-0.15, -0.1) is 0 Å². The van der Waals surface area contributed by atoms with Crippen LogP contribution in [0.3, 0.4) is 0 Å². The van der Waals surface area contributed by atoms with Gasteiger partial charge in [-0.05, 0) is 56.2 Å². The molecule has 0 unspecified atom stereocenters. The highest BCUT2D eigenvalue weighted by atomic mass is 16.5. The van der Waals surface area contributed by atoms with Crippen molar-refractivity contribution in [1.29, 1.82) is 0 Å². The van der Waals surface area contributed by atoms with Gasteiger partial charge < -0.3 is 14.8 Å². The van der Waals surface area contributed by atoms with Crippen LogP contribution in [0.1, 0.15) is 36.7 Å². The maximum atomic E-state index is 12.4. The van der Waals surface area contributed by atoms with E-state index in [1.165, 1.54) is 5.56 Å². The van der Waals surface area contributed by atoms with Crippen LogP contribution in [-0.4, -0.2) is 19.1 Å². The number of anilines is 1. The van der Waals surface area contributed by atoms with Crippen LogP contribution in [0.5, 0.6) is 11.5 Å². The van der Waals surface area contributed by atoms with Gasteiger partial charge >= 0.3 is 0 Å². The minimum absolute atomic E-state index is 0.0423. The Morgan fingerprint density at radius 3 is 2.35 bits per heavy atom. The van der Waals surface area contributed by atoms with E-state index in [2.05, 4.69) is 12.2 Å². The zero-order valence-corrected chi connectivity index (χ0v) is 14.1. The first kappa shape index (κ1) is 16.9. The number of amides is 1. The van der Waals surface area contributed by atoms with E-state index in [1.807, 2.05) is 38.1 Å². The summed E-state index contributed by atoms with van der Waals surface area (Å²) in [5.74, 6) is 1.00. The predicted molar refractivity (Wildman–Crippen MR) is 92.5 cm³/mol. The van der Waals surface area contributed by atoms with Crippen LogP contribution in [0, 0.1) is 0 Å². The minimum atomic E-state index is -0.177. The second-order valence-electron chi connectivity index (χ2n) is 5.54. The van der Waals surface area contributed by atoms with Crippen molar-refractivity contribution in [3.8, 4) is 11.5 Å². The van der Waals surface area contributed by atoms with Crippen LogP contribution in [0.2, 0.25) is 0 Å². The summed E-state index contributed by atoms with van der Waals surface area (Å²) >= 11 is 0. The van der Waals surface area contributed by atoms with Crippen molar-refractivity contribution >= 4 is 11.6 Å². The van der Waals surface area contributed by atoms with Crippen molar-refractivity contribution in [3.05, 3.63) is 53.6 Å². The number of ether oxygens (including phenoxy) is 2. The highest BCUT2D eigenvalue weighted by Gasteiger charge is 2.12. The Morgan fingerprint density at radius 1 is 1.09 bits per heavy atom. The second kappa shape index (κ2) is 7.68. The lowest BCUT2D eigenvalue weighted by molar-refractivity contribution is 0.102. The van der Waals surface area contributed by atoms with Crippen LogP contribution in [0.25, 0.3) is 0 Å². The van der Waals surface area contributed by atoms with Gasteiger partial charge in [-0.25, -0.2) is 0 Å². The van der Waals surface area contributed by atoms with Gasteiger partial charge in [-0.2, -0.15) is 0 Å². The second-order valence-corrected chi connectivity index (χ2v) is 5.54. The van der Waals surface area contributed by atoms with E-state index in [4.69, 9.17) is 9.47 Å². The Bertz CT molecular complexity index is 663. The lowest BCUT2D eigenvalue weighted by Gasteiger charge is -2.14. The van der Waals surface area contributed by atoms with Crippen LogP contribution < -0.4 is 14.8 Å². The number of aryl methyl sites for hydroxylation is 1. The Balaban J connectivity index is 2.15. The van der Waals surface area contributed by atoms with Crippen molar-refractivity contribution in [2.24, 2.45) is 0 Å². The van der Waals surface area contributed by atoms with Gasteiger partial charge in [0.15, 0.2) is 11.5 Å². The normalized spacial score (nSPS) is 10.5. The molecule has 2 aromatic carbocycles. The molecule has 0 aliphatic carbocycles. The minimum Gasteiger partial charge on any atom is -0.493 e. The summed E-state index contributed by atoms with van der Waals surface area (Å²) in [5, 5.41) is 2.89. The van der Waals surface area contributed by atoms with Gasteiger partial charge in [0.25, 0.3) is 5.91 Å². The standard InChI is InChI=1S/C19H23NO3/c1-5-14-6-9-16(10-7-14)20-19(21)15-8-11-17(23-13(2)3)18(12-15)22-4/h6-13H,5H2,1-4H3,(H,20,21). The Hall–Kier alpha value is -2.49. The fourth-order valence-corrected chi connectivity index (χ4v) is 2.19. The molecule has 4 nitrogen and oxygen atoms in total. The molecule has 122 valence electrons. The number of carbonyl (C=O) groups excluding carboxylic acids is 1. The van der Waals surface area contributed by atoms with Gasteiger partial charge in [-0.1, -0.05) is 19.1 Å². The molecular formula is C19H23NO3. The predicted octanol–water partition coefficient (Wildman–Crippen LogP) is 4.30. The Morgan fingerprint density at radius 2 is 1.78 bits per heavy atom. The van der Waals surface area contributed by atoms with E-state index < -0.39 is 0 Å². The van der Waals surface area contributed by atoms with Crippen LogP contribution in [0.15, 0.2) is 42.5 Å². The molecule has 0 saturated heterocycles. The summed E-state index contributed by atoms with van der Waals surface area (Å²) in [6, 6.07) is 13.0. The molecule has 0 bridgehead atoms. The summed E-state index contributed by atoms with van der Waals surface area (Å²) in [7, 11) is 1.56. The lowest BCUT2D eigenvalue weighted by atomic mass is 10.1. The molecule has 0 radical (unpaired) electrons. The van der Waals surface area contributed by atoms with Gasteiger partial charge in [0.2, 0.25) is 0 Å². The highest BCUT2D eigenvalue weighted by Crippen LogP contribution is 2.29.